The zero-order valence-corrected chi connectivity index (χ0v) is 17.6. The molecule has 4 rings (SSSR count). The minimum atomic E-state index is -1.04. The van der Waals surface area contributed by atoms with Crippen LogP contribution in [0.3, 0.4) is 0 Å². The van der Waals surface area contributed by atoms with Crippen molar-refractivity contribution in [2.24, 2.45) is 0 Å². The van der Waals surface area contributed by atoms with Crippen molar-refractivity contribution in [2.75, 3.05) is 26.2 Å². The van der Waals surface area contributed by atoms with Crippen molar-refractivity contribution in [1.82, 2.24) is 9.80 Å². The number of rotatable bonds is 5. The average molecular weight is 434 g/mol. The van der Waals surface area contributed by atoms with Gasteiger partial charge in [0, 0.05) is 37.3 Å². The van der Waals surface area contributed by atoms with Crippen LogP contribution in [0.1, 0.15) is 31.8 Å². The molecule has 0 N–H and O–H groups in total. The lowest BCUT2D eigenvalue weighted by Gasteiger charge is -2.35. The number of hydrogen-bond acceptors (Lipinski definition) is 2. The first kappa shape index (κ1) is 21.7. The third-order valence-corrected chi connectivity index (χ3v) is 5.79. The van der Waals surface area contributed by atoms with Gasteiger partial charge in [0.2, 0.25) is 0 Å². The Balaban J connectivity index is 1.39. The van der Waals surface area contributed by atoms with Crippen molar-refractivity contribution < 1.29 is 18.4 Å². The highest BCUT2D eigenvalue weighted by Gasteiger charge is 2.26. The number of amides is 2. The number of benzene rings is 3. The number of carbonyl (C=O) groups excluding carboxylic acids is 2. The molecule has 3 aromatic rings. The maximum Gasteiger partial charge on any atom is 0.254 e. The zero-order chi connectivity index (χ0) is 22.5. The number of hydrogen-bond donors (Lipinski definition) is 0. The Morgan fingerprint density at radius 2 is 1.31 bits per heavy atom. The van der Waals surface area contributed by atoms with Crippen molar-refractivity contribution in [3.63, 3.8) is 0 Å². The third-order valence-electron chi connectivity index (χ3n) is 5.79. The first-order valence-electron chi connectivity index (χ1n) is 10.7. The van der Waals surface area contributed by atoms with Crippen LogP contribution in [-0.2, 0) is 12.8 Å². The van der Waals surface area contributed by atoms with Gasteiger partial charge in [-0.25, -0.2) is 8.78 Å². The quantitative estimate of drug-likeness (QED) is 0.599. The van der Waals surface area contributed by atoms with Gasteiger partial charge in [-0.1, -0.05) is 48.5 Å². The minimum absolute atomic E-state index is 0.0476. The lowest BCUT2D eigenvalue weighted by atomic mass is 9.99. The van der Waals surface area contributed by atoms with Gasteiger partial charge in [0.1, 0.15) is 0 Å². The fraction of sp³-hybridized carbons (Fsp3) is 0.231. The van der Waals surface area contributed by atoms with Gasteiger partial charge in [0.05, 0.1) is 0 Å². The molecule has 0 aliphatic carbocycles. The van der Waals surface area contributed by atoms with Crippen molar-refractivity contribution in [3.8, 4) is 0 Å². The molecule has 1 aliphatic rings. The molecule has 3 aromatic carbocycles. The molecule has 1 heterocycles. The van der Waals surface area contributed by atoms with Gasteiger partial charge in [0.25, 0.3) is 11.8 Å². The normalized spacial score (nSPS) is 13.8. The predicted molar refractivity (Wildman–Crippen MR) is 118 cm³/mol. The molecular weight excluding hydrogens is 410 g/mol. The molecule has 0 spiro atoms. The minimum Gasteiger partial charge on any atom is -0.335 e. The summed E-state index contributed by atoms with van der Waals surface area (Å²) in [6.07, 6.45) is 1.61. The van der Waals surface area contributed by atoms with E-state index in [-0.39, 0.29) is 17.4 Å². The van der Waals surface area contributed by atoms with Crippen LogP contribution >= 0.6 is 0 Å². The van der Waals surface area contributed by atoms with Gasteiger partial charge < -0.3 is 9.80 Å². The van der Waals surface area contributed by atoms with Crippen LogP contribution in [0.25, 0.3) is 0 Å². The monoisotopic (exact) mass is 434 g/mol. The molecule has 2 amide bonds. The summed E-state index contributed by atoms with van der Waals surface area (Å²) in [6, 6.07) is 20.9. The third kappa shape index (κ3) is 4.85. The van der Waals surface area contributed by atoms with Gasteiger partial charge in [-0.2, -0.15) is 0 Å². The largest absolute Gasteiger partial charge is 0.335 e. The van der Waals surface area contributed by atoms with Gasteiger partial charge in [-0.3, -0.25) is 9.59 Å². The Morgan fingerprint density at radius 1 is 0.688 bits per heavy atom. The predicted octanol–water partition coefficient (Wildman–Crippen LogP) is 4.35. The van der Waals surface area contributed by atoms with Gasteiger partial charge in [0.15, 0.2) is 11.6 Å². The van der Waals surface area contributed by atoms with E-state index < -0.39 is 11.6 Å². The van der Waals surface area contributed by atoms with E-state index in [1.165, 1.54) is 11.6 Å². The van der Waals surface area contributed by atoms with Crippen LogP contribution in [0.15, 0.2) is 72.8 Å². The highest BCUT2D eigenvalue weighted by molar-refractivity contribution is 5.97. The molecule has 164 valence electrons. The molecule has 0 atom stereocenters. The summed E-state index contributed by atoms with van der Waals surface area (Å²) >= 11 is 0. The van der Waals surface area contributed by atoms with Crippen LogP contribution in [0.2, 0.25) is 0 Å². The van der Waals surface area contributed by atoms with E-state index in [1.54, 1.807) is 9.80 Å². The lowest BCUT2D eigenvalue weighted by Crippen LogP contribution is -2.50. The second-order valence-corrected chi connectivity index (χ2v) is 7.86. The molecule has 0 unspecified atom stereocenters. The highest BCUT2D eigenvalue weighted by atomic mass is 19.2. The summed E-state index contributed by atoms with van der Waals surface area (Å²) in [5, 5.41) is 0. The molecule has 1 fully saturated rings. The van der Waals surface area contributed by atoms with Gasteiger partial charge >= 0.3 is 0 Å². The Hall–Kier alpha value is -3.54. The summed E-state index contributed by atoms with van der Waals surface area (Å²) in [4.78, 5) is 29.1. The zero-order valence-electron chi connectivity index (χ0n) is 17.6. The summed E-state index contributed by atoms with van der Waals surface area (Å²) < 4.78 is 26.6. The van der Waals surface area contributed by atoms with Crippen molar-refractivity contribution in [1.29, 1.82) is 0 Å². The van der Waals surface area contributed by atoms with E-state index in [0.29, 0.717) is 31.7 Å². The van der Waals surface area contributed by atoms with E-state index in [2.05, 4.69) is 12.1 Å². The fourth-order valence-electron chi connectivity index (χ4n) is 3.97. The van der Waals surface area contributed by atoms with E-state index in [0.717, 1.165) is 30.5 Å². The molecule has 1 saturated heterocycles. The topological polar surface area (TPSA) is 40.6 Å². The molecule has 4 nitrogen and oxygen atoms in total. The number of aryl methyl sites for hydroxylation is 2. The van der Waals surface area contributed by atoms with Crippen molar-refractivity contribution in [3.05, 3.63) is 107 Å². The first-order chi connectivity index (χ1) is 15.5. The van der Waals surface area contributed by atoms with Crippen LogP contribution in [0.5, 0.6) is 0 Å². The standard InChI is InChI=1S/C26H24F2N2O2/c27-23-13-12-21(18-24(23)28)25(31)29-14-16-30(17-15-29)26(32)22-9-5-4-8-20(22)11-10-19-6-2-1-3-7-19/h1-9,12-13,18H,10-11,14-17H2. The Morgan fingerprint density at radius 3 is 2.00 bits per heavy atom. The Labute approximate surface area is 186 Å². The number of piperazine rings is 1. The average Bonchev–Trinajstić information content (AvgIpc) is 2.84. The molecule has 0 bridgehead atoms. The summed E-state index contributed by atoms with van der Waals surface area (Å²) in [5.41, 5.74) is 3.01. The van der Waals surface area contributed by atoms with E-state index in [1.807, 2.05) is 42.5 Å². The number of nitrogens with zero attached hydrogens (tertiary/aromatic N) is 2. The molecule has 32 heavy (non-hydrogen) atoms. The number of halogens is 2. The van der Waals surface area contributed by atoms with E-state index in [4.69, 9.17) is 0 Å². The van der Waals surface area contributed by atoms with Crippen molar-refractivity contribution >= 4 is 11.8 Å². The van der Waals surface area contributed by atoms with Crippen LogP contribution in [0, 0.1) is 11.6 Å². The summed E-state index contributed by atoms with van der Waals surface area (Å²) in [5.74, 6) is -2.44. The van der Waals surface area contributed by atoms with Crippen LogP contribution in [-0.4, -0.2) is 47.8 Å². The first-order valence-corrected chi connectivity index (χ1v) is 10.7. The molecule has 0 saturated carbocycles. The molecular formula is C26H24F2N2O2. The Kier molecular flexibility index (Phi) is 6.59. The van der Waals surface area contributed by atoms with Crippen LogP contribution in [0.4, 0.5) is 8.78 Å². The molecule has 0 aromatic heterocycles. The maximum absolute atomic E-state index is 13.5. The van der Waals surface area contributed by atoms with E-state index in [9.17, 15) is 18.4 Å². The molecule has 0 radical (unpaired) electrons. The fourth-order valence-corrected chi connectivity index (χ4v) is 3.97. The van der Waals surface area contributed by atoms with Crippen molar-refractivity contribution in [2.45, 2.75) is 12.8 Å². The molecule has 1 aliphatic heterocycles. The highest BCUT2D eigenvalue weighted by Crippen LogP contribution is 2.18. The summed E-state index contributed by atoms with van der Waals surface area (Å²) in [7, 11) is 0. The Bertz CT molecular complexity index is 1110. The number of carbonyl (C=O) groups is 2. The van der Waals surface area contributed by atoms with Gasteiger partial charge in [-0.15, -0.1) is 0 Å². The van der Waals surface area contributed by atoms with Crippen LogP contribution < -0.4 is 0 Å². The second kappa shape index (κ2) is 9.73. The SMILES string of the molecule is O=C(c1ccc(F)c(F)c1)N1CCN(C(=O)c2ccccc2CCc2ccccc2)CC1. The van der Waals surface area contributed by atoms with E-state index >= 15 is 0 Å². The summed E-state index contributed by atoms with van der Waals surface area (Å²) in [6.45, 7) is 1.47. The maximum atomic E-state index is 13.5. The second-order valence-electron chi connectivity index (χ2n) is 7.86. The molecule has 6 heteroatoms. The van der Waals surface area contributed by atoms with Gasteiger partial charge in [-0.05, 0) is 48.2 Å². The smallest absolute Gasteiger partial charge is 0.254 e. The lowest BCUT2D eigenvalue weighted by molar-refractivity contribution is 0.0534.